The third-order valence-corrected chi connectivity index (χ3v) is 7.11. The summed E-state index contributed by atoms with van der Waals surface area (Å²) in [6, 6.07) is 6.55. The lowest BCUT2D eigenvalue weighted by atomic mass is 9.97. The van der Waals surface area contributed by atoms with E-state index in [9.17, 15) is 24.6 Å². The van der Waals surface area contributed by atoms with Crippen LogP contribution in [-0.4, -0.2) is 66.3 Å². The molecule has 3 heterocycles. The van der Waals surface area contributed by atoms with Crippen molar-refractivity contribution in [1.29, 1.82) is 0 Å². The predicted octanol–water partition coefficient (Wildman–Crippen LogP) is 1.89. The largest absolute Gasteiger partial charge is 0.480 e. The van der Waals surface area contributed by atoms with Gasteiger partial charge in [0.05, 0.1) is 17.1 Å². The Balaban J connectivity index is 1.75. The number of rotatable bonds is 8. The van der Waals surface area contributed by atoms with Crippen LogP contribution in [0.4, 0.5) is 0 Å². The molecule has 0 saturated carbocycles. The number of hydrogen-bond donors (Lipinski definition) is 3. The molecule has 1 aliphatic heterocycles. The van der Waals surface area contributed by atoms with E-state index >= 15 is 0 Å². The van der Waals surface area contributed by atoms with Crippen LogP contribution in [-0.2, 0) is 29.7 Å². The van der Waals surface area contributed by atoms with Gasteiger partial charge in [-0.15, -0.1) is 0 Å². The van der Waals surface area contributed by atoms with Crippen molar-refractivity contribution in [2.24, 2.45) is 13.0 Å². The number of aliphatic hydroxyl groups excluding tert-OH is 1. The molecule has 2 unspecified atom stereocenters. The monoisotopic (exact) mass is 509 g/mol. The van der Waals surface area contributed by atoms with Gasteiger partial charge in [0.15, 0.2) is 0 Å². The molecule has 1 aromatic carbocycles. The van der Waals surface area contributed by atoms with E-state index in [1.807, 2.05) is 29.2 Å². The van der Waals surface area contributed by atoms with Crippen LogP contribution in [0.1, 0.15) is 37.8 Å². The highest BCUT2D eigenvalue weighted by atomic mass is 16.4. The molecule has 198 valence electrons. The average molecular weight is 510 g/mol. The van der Waals surface area contributed by atoms with Crippen LogP contribution in [0.2, 0.25) is 0 Å². The molecule has 1 aliphatic rings. The molecule has 0 aliphatic carbocycles. The van der Waals surface area contributed by atoms with E-state index in [-0.39, 0.29) is 23.9 Å². The normalized spacial score (nSPS) is 17.6. The summed E-state index contributed by atoms with van der Waals surface area (Å²) in [6.07, 6.45) is 2.68. The lowest BCUT2D eigenvalue weighted by Crippen LogP contribution is -2.44. The second-order valence-corrected chi connectivity index (χ2v) is 10.1. The number of carbonyl (C=O) groups excluding carboxylic acids is 1. The predicted molar refractivity (Wildman–Crippen MR) is 140 cm³/mol. The molecular formula is C27H35N5O5. The first kappa shape index (κ1) is 26.6. The van der Waals surface area contributed by atoms with Gasteiger partial charge in [-0.3, -0.25) is 19.7 Å². The fourth-order valence-electron chi connectivity index (χ4n) is 5.13. The number of aromatic nitrogens is 3. The average Bonchev–Trinajstić information content (AvgIpc) is 3.19. The molecule has 1 fully saturated rings. The minimum Gasteiger partial charge on any atom is -0.480 e. The Kier molecular flexibility index (Phi) is 7.79. The number of hydrogen-bond acceptors (Lipinski definition) is 6. The summed E-state index contributed by atoms with van der Waals surface area (Å²) in [6.45, 7) is 7.20. The molecule has 10 heteroatoms. The number of pyridine rings is 1. The van der Waals surface area contributed by atoms with Crippen LogP contribution in [0.3, 0.4) is 0 Å². The van der Waals surface area contributed by atoms with E-state index in [0.717, 1.165) is 47.4 Å². The number of aliphatic hydroxyl groups is 1. The third-order valence-electron chi connectivity index (χ3n) is 7.11. The summed E-state index contributed by atoms with van der Waals surface area (Å²) in [5, 5.41) is 22.1. The number of aliphatic carboxylic acids is 1. The van der Waals surface area contributed by atoms with E-state index in [1.54, 1.807) is 31.7 Å². The zero-order valence-electron chi connectivity index (χ0n) is 21.8. The summed E-state index contributed by atoms with van der Waals surface area (Å²) in [7, 11) is 1.72. The quantitative estimate of drug-likeness (QED) is 0.423. The van der Waals surface area contributed by atoms with Crippen LogP contribution in [0, 0.1) is 12.8 Å². The van der Waals surface area contributed by atoms with Gasteiger partial charge in [0.1, 0.15) is 11.9 Å². The van der Waals surface area contributed by atoms with Crippen molar-refractivity contribution in [2.45, 2.75) is 58.8 Å². The second kappa shape index (κ2) is 10.9. The van der Waals surface area contributed by atoms with Gasteiger partial charge in [-0.2, -0.15) is 0 Å². The Bertz CT molecular complexity index is 1350. The SMILES string of the molecule is CC(=O)N1CCC[C@H](Cn2c(-c3cc(C)c(=O)n(C)c3)nc3ccc(CNC(C(=O)O)C(C)O)cc32)C1. The number of nitrogens with one attached hydrogen (secondary N) is 1. The summed E-state index contributed by atoms with van der Waals surface area (Å²) < 4.78 is 3.71. The molecule has 1 saturated heterocycles. The smallest absolute Gasteiger partial charge is 0.323 e. The Hall–Kier alpha value is -3.50. The van der Waals surface area contributed by atoms with E-state index in [2.05, 4.69) is 9.88 Å². The van der Waals surface area contributed by atoms with Crippen molar-refractivity contribution in [3.8, 4) is 11.4 Å². The number of carbonyl (C=O) groups is 2. The first-order valence-corrected chi connectivity index (χ1v) is 12.6. The molecule has 0 bridgehead atoms. The molecule has 10 nitrogen and oxygen atoms in total. The van der Waals surface area contributed by atoms with Gasteiger partial charge in [0, 0.05) is 57.5 Å². The minimum atomic E-state index is -1.11. The van der Waals surface area contributed by atoms with Crippen molar-refractivity contribution in [3.05, 3.63) is 51.9 Å². The van der Waals surface area contributed by atoms with E-state index in [0.29, 0.717) is 18.7 Å². The van der Waals surface area contributed by atoms with E-state index in [4.69, 9.17) is 4.98 Å². The summed E-state index contributed by atoms with van der Waals surface area (Å²) in [5.41, 5.74) is 3.93. The lowest BCUT2D eigenvalue weighted by Gasteiger charge is -2.32. The number of fused-ring (bicyclic) bond motifs is 1. The molecule has 3 atom stereocenters. The van der Waals surface area contributed by atoms with Gasteiger partial charge in [-0.1, -0.05) is 6.07 Å². The Morgan fingerprint density at radius 2 is 2.03 bits per heavy atom. The lowest BCUT2D eigenvalue weighted by molar-refractivity contribution is -0.142. The summed E-state index contributed by atoms with van der Waals surface area (Å²) >= 11 is 0. The van der Waals surface area contributed by atoms with Crippen molar-refractivity contribution in [3.63, 3.8) is 0 Å². The van der Waals surface area contributed by atoms with Crippen LogP contribution in [0.5, 0.6) is 0 Å². The number of likely N-dealkylation sites (tertiary alicyclic amines) is 1. The Morgan fingerprint density at radius 1 is 1.27 bits per heavy atom. The number of carboxylic acid groups (broad SMARTS) is 1. The number of amides is 1. The molecule has 0 radical (unpaired) electrons. The molecule has 2 aromatic heterocycles. The van der Waals surface area contributed by atoms with Gasteiger partial charge in [0.25, 0.3) is 5.56 Å². The van der Waals surface area contributed by atoms with Gasteiger partial charge in [-0.05, 0) is 56.4 Å². The highest BCUT2D eigenvalue weighted by molar-refractivity contribution is 5.81. The van der Waals surface area contributed by atoms with Gasteiger partial charge >= 0.3 is 5.97 Å². The maximum Gasteiger partial charge on any atom is 0.323 e. The van der Waals surface area contributed by atoms with E-state index in [1.165, 1.54) is 6.92 Å². The molecule has 37 heavy (non-hydrogen) atoms. The first-order valence-electron chi connectivity index (χ1n) is 12.6. The fourth-order valence-corrected chi connectivity index (χ4v) is 5.13. The van der Waals surface area contributed by atoms with E-state index < -0.39 is 18.1 Å². The third kappa shape index (κ3) is 5.75. The van der Waals surface area contributed by atoms with Gasteiger partial charge in [-0.25, -0.2) is 4.98 Å². The number of benzene rings is 1. The molecule has 0 spiro atoms. The zero-order chi connectivity index (χ0) is 26.9. The fraction of sp³-hybridized carbons (Fsp3) is 0.481. The van der Waals surface area contributed by atoms with Crippen molar-refractivity contribution in [2.75, 3.05) is 13.1 Å². The van der Waals surface area contributed by atoms with Crippen molar-refractivity contribution < 1.29 is 19.8 Å². The van der Waals surface area contributed by atoms with Crippen molar-refractivity contribution in [1.82, 2.24) is 24.3 Å². The van der Waals surface area contributed by atoms with Crippen LogP contribution in [0.25, 0.3) is 22.4 Å². The molecule has 3 aromatic rings. The summed E-state index contributed by atoms with van der Waals surface area (Å²) in [5.74, 6) is -0.0451. The van der Waals surface area contributed by atoms with Crippen LogP contribution < -0.4 is 10.9 Å². The number of carboxylic acids is 1. The summed E-state index contributed by atoms with van der Waals surface area (Å²) in [4.78, 5) is 42.6. The standard InChI is InChI=1S/C27H35N5O5/c1-16-10-21(15-30(4)26(16)35)25-29-22-8-7-19(12-28-24(17(2)33)27(36)37)11-23(22)32(25)14-20-6-5-9-31(13-20)18(3)34/h7-8,10-11,15,17,20,24,28,33H,5-6,9,12-14H2,1-4H3,(H,36,37)/t17?,20-,24?/m0/s1. The number of nitrogens with zero attached hydrogens (tertiary/aromatic N) is 4. The Labute approximate surface area is 215 Å². The maximum absolute atomic E-state index is 12.3. The highest BCUT2D eigenvalue weighted by Crippen LogP contribution is 2.29. The van der Waals surface area contributed by atoms with Crippen LogP contribution >= 0.6 is 0 Å². The van der Waals surface area contributed by atoms with Crippen molar-refractivity contribution >= 4 is 22.9 Å². The number of aryl methyl sites for hydroxylation is 2. The van der Waals surface area contributed by atoms with Gasteiger partial charge in [0.2, 0.25) is 5.91 Å². The van der Waals surface area contributed by atoms with Gasteiger partial charge < -0.3 is 24.2 Å². The molecule has 4 rings (SSSR count). The maximum atomic E-state index is 12.3. The minimum absolute atomic E-state index is 0.0600. The highest BCUT2D eigenvalue weighted by Gasteiger charge is 2.25. The number of imidazole rings is 1. The molecular weight excluding hydrogens is 474 g/mol. The molecule has 1 amide bonds. The topological polar surface area (TPSA) is 130 Å². The first-order chi connectivity index (χ1) is 17.5. The Morgan fingerprint density at radius 3 is 2.68 bits per heavy atom. The second-order valence-electron chi connectivity index (χ2n) is 10.1. The molecule has 3 N–H and O–H groups in total. The zero-order valence-corrected chi connectivity index (χ0v) is 21.8. The van der Waals surface area contributed by atoms with Crippen LogP contribution in [0.15, 0.2) is 35.3 Å². The number of piperidine rings is 1.